The van der Waals surface area contributed by atoms with Crippen LogP contribution in [0.3, 0.4) is 0 Å². The maximum absolute atomic E-state index is 12.6. The molecule has 0 unspecified atom stereocenters. The number of hydrogen-bond acceptors (Lipinski definition) is 3. The van der Waals surface area contributed by atoms with Gasteiger partial charge in [0.05, 0.1) is 12.2 Å². The Balaban J connectivity index is 1.66. The topological polar surface area (TPSA) is 50.2 Å². The van der Waals surface area contributed by atoms with Crippen molar-refractivity contribution in [2.24, 2.45) is 0 Å². The molecule has 0 radical (unpaired) electrons. The average molecular weight is 354 g/mol. The van der Waals surface area contributed by atoms with E-state index in [9.17, 15) is 4.79 Å². The van der Waals surface area contributed by atoms with Gasteiger partial charge in [0, 0.05) is 37.8 Å². The molecule has 5 nitrogen and oxygen atoms in total. The lowest BCUT2D eigenvalue weighted by Crippen LogP contribution is -2.52. The Morgan fingerprint density at radius 3 is 2.65 bits per heavy atom. The van der Waals surface area contributed by atoms with E-state index in [1.807, 2.05) is 11.8 Å². The molecule has 1 atom stereocenters. The molecule has 3 rings (SSSR count). The zero-order valence-electron chi connectivity index (χ0n) is 16.4. The third-order valence-electron chi connectivity index (χ3n) is 5.39. The number of amides is 1. The minimum Gasteiger partial charge on any atom is -0.337 e. The van der Waals surface area contributed by atoms with E-state index in [1.54, 1.807) is 0 Å². The van der Waals surface area contributed by atoms with Gasteiger partial charge < -0.3 is 10.2 Å². The molecule has 1 fully saturated rings. The maximum Gasteiger partial charge on any atom is 0.223 e. The Labute approximate surface area is 156 Å². The second-order valence-corrected chi connectivity index (χ2v) is 7.43. The summed E-state index contributed by atoms with van der Waals surface area (Å²) < 4.78 is 2.06. The molecule has 0 spiro atoms. The van der Waals surface area contributed by atoms with Crippen LogP contribution in [0.15, 0.2) is 24.3 Å². The Bertz CT molecular complexity index is 763. The molecule has 26 heavy (non-hydrogen) atoms. The minimum atomic E-state index is 0.254. The van der Waals surface area contributed by atoms with Crippen molar-refractivity contribution in [2.75, 3.05) is 19.6 Å². The number of rotatable bonds is 5. The fourth-order valence-electron chi connectivity index (χ4n) is 3.70. The summed E-state index contributed by atoms with van der Waals surface area (Å²) in [5.41, 5.74) is 5.94. The minimum absolute atomic E-state index is 0.254. The summed E-state index contributed by atoms with van der Waals surface area (Å²) >= 11 is 0. The Morgan fingerprint density at radius 1 is 1.23 bits per heavy atom. The van der Waals surface area contributed by atoms with Gasteiger partial charge in [-0.15, -0.1) is 0 Å². The summed E-state index contributed by atoms with van der Waals surface area (Å²) in [5.74, 6) is 0.254. The van der Waals surface area contributed by atoms with E-state index in [-0.39, 0.29) is 11.9 Å². The van der Waals surface area contributed by atoms with Crippen LogP contribution in [0, 0.1) is 20.8 Å². The van der Waals surface area contributed by atoms with Crippen molar-refractivity contribution in [3.8, 4) is 0 Å². The maximum atomic E-state index is 12.6. The van der Waals surface area contributed by atoms with E-state index in [1.165, 1.54) is 22.4 Å². The number of benzene rings is 1. The molecule has 2 heterocycles. The molecular formula is C21H30N4O. The molecule has 1 saturated heterocycles. The van der Waals surface area contributed by atoms with Crippen molar-refractivity contribution in [2.45, 2.75) is 53.1 Å². The average Bonchev–Trinajstić information content (AvgIpc) is 2.88. The number of aryl methyl sites for hydroxylation is 2. The fraction of sp³-hybridized carbons (Fsp3) is 0.524. The van der Waals surface area contributed by atoms with Gasteiger partial charge >= 0.3 is 0 Å². The lowest BCUT2D eigenvalue weighted by Gasteiger charge is -2.34. The van der Waals surface area contributed by atoms with E-state index in [0.29, 0.717) is 6.42 Å². The summed E-state index contributed by atoms with van der Waals surface area (Å²) in [6.07, 6.45) is 1.32. The van der Waals surface area contributed by atoms with Gasteiger partial charge in [-0.2, -0.15) is 5.10 Å². The molecule has 1 aliphatic rings. The predicted molar refractivity (Wildman–Crippen MR) is 104 cm³/mol. The summed E-state index contributed by atoms with van der Waals surface area (Å²) in [5, 5.41) is 8.05. The first kappa shape index (κ1) is 18.6. The zero-order chi connectivity index (χ0) is 18.7. The first-order valence-electron chi connectivity index (χ1n) is 9.54. The summed E-state index contributed by atoms with van der Waals surface area (Å²) in [6, 6.07) is 8.86. The van der Waals surface area contributed by atoms with Gasteiger partial charge in [0.15, 0.2) is 0 Å². The number of nitrogens with one attached hydrogen (secondary N) is 1. The van der Waals surface area contributed by atoms with Crippen LogP contribution in [0.1, 0.15) is 41.4 Å². The molecule has 1 aromatic heterocycles. The van der Waals surface area contributed by atoms with Gasteiger partial charge in [-0.1, -0.05) is 29.8 Å². The lowest BCUT2D eigenvalue weighted by atomic mass is 10.1. The molecule has 1 amide bonds. The Hall–Kier alpha value is -2.14. The highest BCUT2D eigenvalue weighted by Gasteiger charge is 2.23. The van der Waals surface area contributed by atoms with Gasteiger partial charge in [0.2, 0.25) is 5.91 Å². The molecule has 0 aliphatic carbocycles. The van der Waals surface area contributed by atoms with Crippen molar-refractivity contribution in [1.29, 1.82) is 0 Å². The van der Waals surface area contributed by atoms with Crippen LogP contribution in [-0.4, -0.2) is 46.3 Å². The van der Waals surface area contributed by atoms with E-state index >= 15 is 0 Å². The second kappa shape index (κ2) is 8.04. The molecule has 0 saturated carbocycles. The largest absolute Gasteiger partial charge is 0.337 e. The number of piperazine rings is 1. The van der Waals surface area contributed by atoms with Crippen LogP contribution >= 0.6 is 0 Å². The monoisotopic (exact) mass is 354 g/mol. The number of hydrogen-bond donors (Lipinski definition) is 1. The fourth-order valence-corrected chi connectivity index (χ4v) is 3.70. The molecule has 2 aromatic rings. The Kier molecular flexibility index (Phi) is 5.77. The van der Waals surface area contributed by atoms with Crippen LogP contribution in [-0.2, 0) is 17.8 Å². The van der Waals surface area contributed by atoms with Crippen molar-refractivity contribution in [1.82, 2.24) is 20.0 Å². The molecule has 5 heteroatoms. The number of carbonyl (C=O) groups excluding carboxylic acids is 1. The van der Waals surface area contributed by atoms with E-state index in [2.05, 4.69) is 55.0 Å². The highest BCUT2D eigenvalue weighted by atomic mass is 16.2. The quantitative estimate of drug-likeness (QED) is 0.898. The van der Waals surface area contributed by atoms with Gasteiger partial charge in [-0.3, -0.25) is 9.48 Å². The zero-order valence-corrected chi connectivity index (χ0v) is 16.4. The van der Waals surface area contributed by atoms with Crippen LogP contribution in [0.25, 0.3) is 0 Å². The Morgan fingerprint density at radius 2 is 1.96 bits per heavy atom. The predicted octanol–water partition coefficient (Wildman–Crippen LogP) is 2.61. The highest BCUT2D eigenvalue weighted by molar-refractivity contribution is 5.77. The molecule has 0 bridgehead atoms. The summed E-state index contributed by atoms with van der Waals surface area (Å²) in [6.45, 7) is 11.7. The summed E-state index contributed by atoms with van der Waals surface area (Å²) in [7, 11) is 0. The SMILES string of the molecule is Cc1ccc(Cn2nc(C)c(CCC(=O)N3CCNC[C@@H]3C)c2C)cc1. The van der Waals surface area contributed by atoms with Crippen LogP contribution < -0.4 is 5.32 Å². The number of aromatic nitrogens is 2. The molecule has 1 N–H and O–H groups in total. The molecular weight excluding hydrogens is 324 g/mol. The lowest BCUT2D eigenvalue weighted by molar-refractivity contribution is -0.133. The molecule has 1 aromatic carbocycles. The van der Waals surface area contributed by atoms with E-state index < -0.39 is 0 Å². The first-order valence-corrected chi connectivity index (χ1v) is 9.54. The van der Waals surface area contributed by atoms with Crippen molar-refractivity contribution in [3.05, 3.63) is 52.3 Å². The molecule has 140 valence electrons. The smallest absolute Gasteiger partial charge is 0.223 e. The third-order valence-corrected chi connectivity index (χ3v) is 5.39. The standard InChI is InChI=1S/C21H30N4O/c1-15-5-7-19(8-6-15)14-25-18(4)20(17(3)23-25)9-10-21(26)24-12-11-22-13-16(24)2/h5-8,16,22H,9-14H2,1-4H3/t16-/m0/s1. The van der Waals surface area contributed by atoms with Crippen LogP contribution in [0.4, 0.5) is 0 Å². The van der Waals surface area contributed by atoms with Gasteiger partial charge in [-0.25, -0.2) is 0 Å². The van der Waals surface area contributed by atoms with E-state index in [4.69, 9.17) is 5.10 Å². The number of carbonyl (C=O) groups is 1. The second-order valence-electron chi connectivity index (χ2n) is 7.43. The van der Waals surface area contributed by atoms with Crippen molar-refractivity contribution in [3.63, 3.8) is 0 Å². The first-order chi connectivity index (χ1) is 12.5. The van der Waals surface area contributed by atoms with Gasteiger partial charge in [-0.05, 0) is 45.2 Å². The van der Waals surface area contributed by atoms with Crippen molar-refractivity contribution < 1.29 is 4.79 Å². The van der Waals surface area contributed by atoms with Crippen LogP contribution in [0.2, 0.25) is 0 Å². The van der Waals surface area contributed by atoms with Gasteiger partial charge in [0.25, 0.3) is 0 Å². The highest BCUT2D eigenvalue weighted by Crippen LogP contribution is 2.18. The van der Waals surface area contributed by atoms with Crippen LogP contribution in [0.5, 0.6) is 0 Å². The summed E-state index contributed by atoms with van der Waals surface area (Å²) in [4.78, 5) is 14.6. The number of nitrogens with zero attached hydrogens (tertiary/aromatic N) is 3. The molecule has 1 aliphatic heterocycles. The van der Waals surface area contributed by atoms with E-state index in [0.717, 1.165) is 38.3 Å². The normalized spacial score (nSPS) is 17.5. The van der Waals surface area contributed by atoms with Gasteiger partial charge in [0.1, 0.15) is 0 Å². The van der Waals surface area contributed by atoms with Crippen molar-refractivity contribution >= 4 is 5.91 Å². The third kappa shape index (κ3) is 4.15.